The van der Waals surface area contributed by atoms with E-state index in [1.807, 2.05) is 18.2 Å². The van der Waals surface area contributed by atoms with Crippen molar-refractivity contribution in [1.82, 2.24) is 10.3 Å². The molecule has 5 heteroatoms. The van der Waals surface area contributed by atoms with Gasteiger partial charge in [0.25, 0.3) is 0 Å². The summed E-state index contributed by atoms with van der Waals surface area (Å²) in [6.07, 6.45) is 1.39. The molecule has 0 aliphatic rings. The van der Waals surface area contributed by atoms with Crippen LogP contribution in [0.5, 0.6) is 0 Å². The van der Waals surface area contributed by atoms with Crippen LogP contribution < -0.4 is 5.32 Å². The summed E-state index contributed by atoms with van der Waals surface area (Å²) in [7, 11) is 0. The Morgan fingerprint density at radius 2 is 2.40 bits per heavy atom. The Hall–Kier alpha value is -1.88. The lowest BCUT2D eigenvalue weighted by molar-refractivity contribution is -0.135. The van der Waals surface area contributed by atoms with E-state index in [1.165, 1.54) is 6.39 Å². The predicted octanol–water partition coefficient (Wildman–Crippen LogP) is 1.00. The van der Waals surface area contributed by atoms with Crippen LogP contribution in [0, 0.1) is 0 Å². The highest BCUT2D eigenvalue weighted by atomic mass is 16.4. The third-order valence-corrected chi connectivity index (χ3v) is 2.00. The summed E-state index contributed by atoms with van der Waals surface area (Å²) in [6, 6.07) is 5.58. The van der Waals surface area contributed by atoms with Crippen molar-refractivity contribution >= 4 is 17.1 Å². The Bertz CT molecular complexity index is 478. The molecular formula is C10H10N2O3. The first kappa shape index (κ1) is 9.67. The third-order valence-electron chi connectivity index (χ3n) is 2.00. The Morgan fingerprint density at radius 3 is 3.20 bits per heavy atom. The van der Waals surface area contributed by atoms with Crippen LogP contribution >= 0.6 is 0 Å². The van der Waals surface area contributed by atoms with Crippen molar-refractivity contribution in [2.75, 3.05) is 6.54 Å². The zero-order valence-electron chi connectivity index (χ0n) is 7.93. The molecule has 78 valence electrons. The topological polar surface area (TPSA) is 75.4 Å². The van der Waals surface area contributed by atoms with Gasteiger partial charge in [0.1, 0.15) is 5.52 Å². The van der Waals surface area contributed by atoms with Crippen LogP contribution in [0.4, 0.5) is 0 Å². The van der Waals surface area contributed by atoms with Gasteiger partial charge in [0.15, 0.2) is 12.0 Å². The number of benzene rings is 1. The number of aromatic nitrogens is 1. The van der Waals surface area contributed by atoms with Gasteiger partial charge in [-0.05, 0) is 17.7 Å². The second-order valence-corrected chi connectivity index (χ2v) is 3.15. The summed E-state index contributed by atoms with van der Waals surface area (Å²) < 4.78 is 5.13. The first-order valence-electron chi connectivity index (χ1n) is 4.50. The molecule has 0 fully saturated rings. The number of oxazole rings is 1. The average Bonchev–Trinajstić information content (AvgIpc) is 2.64. The van der Waals surface area contributed by atoms with Crippen LogP contribution in [-0.4, -0.2) is 22.6 Å². The molecule has 2 aromatic rings. The number of hydrogen-bond donors (Lipinski definition) is 2. The maximum atomic E-state index is 10.3. The van der Waals surface area contributed by atoms with Gasteiger partial charge in [0.2, 0.25) is 0 Å². The van der Waals surface area contributed by atoms with E-state index in [0.29, 0.717) is 12.1 Å². The second kappa shape index (κ2) is 4.10. The minimum Gasteiger partial charge on any atom is -0.480 e. The van der Waals surface area contributed by atoms with Gasteiger partial charge in [-0.1, -0.05) is 6.07 Å². The summed E-state index contributed by atoms with van der Waals surface area (Å²) in [5.74, 6) is -0.865. The summed E-state index contributed by atoms with van der Waals surface area (Å²) in [5.41, 5.74) is 2.49. The number of rotatable bonds is 4. The molecule has 0 unspecified atom stereocenters. The van der Waals surface area contributed by atoms with E-state index in [9.17, 15) is 4.79 Å². The quantitative estimate of drug-likeness (QED) is 0.780. The monoisotopic (exact) mass is 206 g/mol. The maximum absolute atomic E-state index is 10.3. The number of fused-ring (bicyclic) bond motifs is 1. The summed E-state index contributed by atoms with van der Waals surface area (Å²) in [6.45, 7) is 0.456. The highest BCUT2D eigenvalue weighted by Gasteiger charge is 2.01. The first-order chi connectivity index (χ1) is 7.25. The van der Waals surface area contributed by atoms with Crippen LogP contribution in [0.25, 0.3) is 11.1 Å². The van der Waals surface area contributed by atoms with E-state index in [1.54, 1.807) is 0 Å². The lowest BCUT2D eigenvalue weighted by Crippen LogP contribution is -2.21. The molecule has 1 heterocycles. The summed E-state index contributed by atoms with van der Waals surface area (Å²) in [4.78, 5) is 14.3. The van der Waals surface area contributed by atoms with Crippen molar-refractivity contribution in [3.63, 3.8) is 0 Å². The fourth-order valence-corrected chi connectivity index (χ4v) is 1.32. The number of carboxylic acids is 1. The molecule has 0 saturated heterocycles. The van der Waals surface area contributed by atoms with Gasteiger partial charge in [0, 0.05) is 6.54 Å². The van der Waals surface area contributed by atoms with Crippen LogP contribution in [0.2, 0.25) is 0 Å². The molecule has 2 N–H and O–H groups in total. The Labute approximate surface area is 85.7 Å². The molecule has 2 rings (SSSR count). The molecule has 0 atom stereocenters. The number of nitrogens with one attached hydrogen (secondary N) is 1. The van der Waals surface area contributed by atoms with Gasteiger partial charge in [-0.3, -0.25) is 4.79 Å². The number of aliphatic carboxylic acids is 1. The normalized spacial score (nSPS) is 10.7. The lowest BCUT2D eigenvalue weighted by atomic mass is 10.2. The van der Waals surface area contributed by atoms with Gasteiger partial charge in [-0.15, -0.1) is 0 Å². The van der Waals surface area contributed by atoms with Gasteiger partial charge >= 0.3 is 5.97 Å². The molecule has 5 nitrogen and oxygen atoms in total. The highest BCUT2D eigenvalue weighted by molar-refractivity contribution is 5.72. The minimum absolute atomic E-state index is 0.0472. The van der Waals surface area contributed by atoms with Crippen molar-refractivity contribution in [3.8, 4) is 0 Å². The molecule has 0 saturated carbocycles. The van der Waals surface area contributed by atoms with Gasteiger partial charge in [-0.2, -0.15) is 0 Å². The summed E-state index contributed by atoms with van der Waals surface area (Å²) in [5, 5.41) is 11.2. The van der Waals surface area contributed by atoms with Crippen molar-refractivity contribution in [1.29, 1.82) is 0 Å². The van der Waals surface area contributed by atoms with E-state index in [-0.39, 0.29) is 6.54 Å². The fourth-order valence-electron chi connectivity index (χ4n) is 1.32. The third kappa shape index (κ3) is 2.32. The number of carbonyl (C=O) groups is 1. The zero-order valence-corrected chi connectivity index (χ0v) is 7.93. The molecule has 0 bridgehead atoms. The van der Waals surface area contributed by atoms with Crippen LogP contribution in [0.1, 0.15) is 5.56 Å². The molecule has 0 spiro atoms. The van der Waals surface area contributed by atoms with Crippen molar-refractivity contribution in [2.45, 2.75) is 6.54 Å². The van der Waals surface area contributed by atoms with E-state index in [4.69, 9.17) is 9.52 Å². The number of nitrogens with zero attached hydrogens (tertiary/aromatic N) is 1. The summed E-state index contributed by atoms with van der Waals surface area (Å²) >= 11 is 0. The second-order valence-electron chi connectivity index (χ2n) is 3.15. The largest absolute Gasteiger partial charge is 0.480 e. The average molecular weight is 206 g/mol. The van der Waals surface area contributed by atoms with Crippen molar-refractivity contribution in [2.24, 2.45) is 0 Å². The molecule has 0 amide bonds. The Balaban J connectivity index is 2.04. The number of carboxylic acid groups (broad SMARTS) is 1. The standard InChI is InChI=1S/C10H10N2O3/c13-10(14)5-11-4-7-1-2-8-9(3-7)15-6-12-8/h1-3,6,11H,4-5H2,(H,13,14). The SMILES string of the molecule is O=C(O)CNCc1ccc2ncoc2c1. The predicted molar refractivity (Wildman–Crippen MR) is 53.4 cm³/mol. The van der Waals surface area contributed by atoms with Gasteiger partial charge in [-0.25, -0.2) is 4.98 Å². The van der Waals surface area contributed by atoms with Crippen molar-refractivity contribution in [3.05, 3.63) is 30.2 Å². The maximum Gasteiger partial charge on any atom is 0.317 e. The fraction of sp³-hybridized carbons (Fsp3) is 0.200. The Kier molecular flexibility index (Phi) is 2.64. The highest BCUT2D eigenvalue weighted by Crippen LogP contribution is 2.13. The zero-order chi connectivity index (χ0) is 10.7. The van der Waals surface area contributed by atoms with Crippen molar-refractivity contribution < 1.29 is 14.3 Å². The molecule has 0 aliphatic heterocycles. The van der Waals surface area contributed by atoms with E-state index in [0.717, 1.165) is 11.1 Å². The lowest BCUT2D eigenvalue weighted by Gasteiger charge is -2.01. The molecule has 15 heavy (non-hydrogen) atoms. The molecule has 0 radical (unpaired) electrons. The van der Waals surface area contributed by atoms with Crippen LogP contribution in [0.15, 0.2) is 29.0 Å². The molecular weight excluding hydrogens is 196 g/mol. The van der Waals surface area contributed by atoms with E-state index in [2.05, 4.69) is 10.3 Å². The van der Waals surface area contributed by atoms with E-state index >= 15 is 0 Å². The molecule has 1 aromatic carbocycles. The smallest absolute Gasteiger partial charge is 0.317 e. The van der Waals surface area contributed by atoms with E-state index < -0.39 is 5.97 Å². The Morgan fingerprint density at radius 1 is 1.53 bits per heavy atom. The van der Waals surface area contributed by atoms with Gasteiger partial charge < -0.3 is 14.8 Å². The van der Waals surface area contributed by atoms with Crippen LogP contribution in [-0.2, 0) is 11.3 Å². The molecule has 0 aliphatic carbocycles. The van der Waals surface area contributed by atoms with Crippen LogP contribution in [0.3, 0.4) is 0 Å². The molecule has 1 aromatic heterocycles. The first-order valence-corrected chi connectivity index (χ1v) is 4.50. The van der Waals surface area contributed by atoms with Gasteiger partial charge in [0.05, 0.1) is 6.54 Å². The number of hydrogen-bond acceptors (Lipinski definition) is 4. The minimum atomic E-state index is -0.865.